The highest BCUT2D eigenvalue weighted by Gasteiger charge is 2.58. The van der Waals surface area contributed by atoms with E-state index in [0.29, 0.717) is 25.7 Å². The maximum Gasteiger partial charge on any atom is 0.422 e. The number of amides is 2. The van der Waals surface area contributed by atoms with E-state index in [0.717, 1.165) is 12.8 Å². The van der Waals surface area contributed by atoms with E-state index in [9.17, 15) is 22.8 Å². The fourth-order valence-corrected chi connectivity index (χ4v) is 1.78. The van der Waals surface area contributed by atoms with E-state index in [2.05, 4.69) is 5.32 Å². The molecule has 0 aromatic carbocycles. The van der Waals surface area contributed by atoms with E-state index in [4.69, 9.17) is 5.11 Å². The second-order valence-electron chi connectivity index (χ2n) is 5.31. The average Bonchev–Trinajstić information content (AvgIpc) is 3.09. The van der Waals surface area contributed by atoms with Gasteiger partial charge in [-0.3, -0.25) is 0 Å². The zero-order valence-corrected chi connectivity index (χ0v) is 11.4. The second-order valence-corrected chi connectivity index (χ2v) is 5.31. The first-order chi connectivity index (χ1) is 9.10. The molecule has 1 aliphatic rings. The van der Waals surface area contributed by atoms with E-state index in [1.165, 1.54) is 5.32 Å². The zero-order valence-electron chi connectivity index (χ0n) is 11.4. The van der Waals surface area contributed by atoms with Crippen LogP contribution in [-0.2, 0) is 4.79 Å². The molecule has 1 rings (SSSR count). The van der Waals surface area contributed by atoms with E-state index >= 15 is 0 Å². The highest BCUT2D eigenvalue weighted by molar-refractivity contribution is 5.86. The molecule has 0 aromatic heterocycles. The van der Waals surface area contributed by atoms with Gasteiger partial charge in [0.2, 0.25) is 5.54 Å². The van der Waals surface area contributed by atoms with Crippen LogP contribution in [0.2, 0.25) is 0 Å². The Balaban J connectivity index is 2.63. The lowest BCUT2D eigenvalue weighted by Gasteiger charge is -2.29. The lowest BCUT2D eigenvalue weighted by atomic mass is 10.0. The summed E-state index contributed by atoms with van der Waals surface area (Å²) in [4.78, 5) is 22.4. The Morgan fingerprint density at radius 2 is 1.90 bits per heavy atom. The first kappa shape index (κ1) is 16.6. The van der Waals surface area contributed by atoms with Crippen molar-refractivity contribution in [2.75, 3.05) is 0 Å². The minimum atomic E-state index is -5.08. The molecule has 2 amide bonds. The summed E-state index contributed by atoms with van der Waals surface area (Å²) in [5.41, 5.74) is -3.30. The average molecular weight is 296 g/mol. The Labute approximate surface area is 114 Å². The fourth-order valence-electron chi connectivity index (χ4n) is 1.78. The van der Waals surface area contributed by atoms with Gasteiger partial charge >= 0.3 is 18.2 Å². The van der Waals surface area contributed by atoms with Crippen molar-refractivity contribution in [1.82, 2.24) is 10.6 Å². The highest BCUT2D eigenvalue weighted by atomic mass is 19.4. The van der Waals surface area contributed by atoms with E-state index in [1.54, 1.807) is 0 Å². The Kier molecular flexibility index (Phi) is 4.88. The van der Waals surface area contributed by atoms with Gasteiger partial charge in [0, 0.05) is 6.04 Å². The van der Waals surface area contributed by atoms with Crippen LogP contribution in [0.1, 0.15) is 39.5 Å². The molecule has 0 spiro atoms. The number of alkyl halides is 3. The molecule has 1 aliphatic carbocycles. The maximum atomic E-state index is 12.7. The molecule has 0 radical (unpaired) electrons. The van der Waals surface area contributed by atoms with Crippen molar-refractivity contribution in [3.63, 3.8) is 0 Å². The van der Waals surface area contributed by atoms with E-state index < -0.39 is 23.7 Å². The third kappa shape index (κ3) is 4.01. The minimum Gasteiger partial charge on any atom is -0.479 e. The summed E-state index contributed by atoms with van der Waals surface area (Å²) in [6.45, 7) is 2.24. The van der Waals surface area contributed by atoms with Crippen molar-refractivity contribution < 1.29 is 27.9 Å². The highest BCUT2D eigenvalue weighted by Crippen LogP contribution is 2.34. The zero-order chi connectivity index (χ0) is 15.6. The summed E-state index contributed by atoms with van der Waals surface area (Å²) in [6.07, 6.45) is -1.65. The van der Waals surface area contributed by atoms with Crippen LogP contribution in [0.25, 0.3) is 0 Å². The number of hydrogen-bond donors (Lipinski definition) is 3. The summed E-state index contributed by atoms with van der Waals surface area (Å²) >= 11 is 0. The number of halogens is 3. The molecular weight excluding hydrogens is 277 g/mol. The molecule has 1 fully saturated rings. The van der Waals surface area contributed by atoms with Gasteiger partial charge in [0.1, 0.15) is 0 Å². The number of hydrogen-bond acceptors (Lipinski definition) is 2. The fraction of sp³-hybridized carbons (Fsp3) is 0.833. The van der Waals surface area contributed by atoms with Gasteiger partial charge < -0.3 is 15.7 Å². The van der Waals surface area contributed by atoms with Crippen molar-refractivity contribution >= 4 is 12.0 Å². The number of carbonyl (C=O) groups excluding carboxylic acids is 1. The van der Waals surface area contributed by atoms with Gasteiger partial charge in [-0.2, -0.15) is 13.2 Å². The van der Waals surface area contributed by atoms with Crippen molar-refractivity contribution in [2.24, 2.45) is 5.92 Å². The molecule has 20 heavy (non-hydrogen) atoms. The van der Waals surface area contributed by atoms with Crippen LogP contribution in [0.15, 0.2) is 0 Å². The lowest BCUT2D eigenvalue weighted by Crippen LogP contribution is -2.64. The van der Waals surface area contributed by atoms with Crippen molar-refractivity contribution in [3.05, 3.63) is 0 Å². The number of nitrogens with one attached hydrogen (secondary N) is 2. The molecule has 0 heterocycles. The van der Waals surface area contributed by atoms with Gasteiger partial charge in [0.25, 0.3) is 0 Å². The van der Waals surface area contributed by atoms with Gasteiger partial charge in [0.05, 0.1) is 0 Å². The third-order valence-electron chi connectivity index (χ3n) is 3.50. The Morgan fingerprint density at radius 1 is 1.35 bits per heavy atom. The number of urea groups is 1. The third-order valence-corrected chi connectivity index (χ3v) is 3.50. The van der Waals surface area contributed by atoms with Crippen molar-refractivity contribution in [2.45, 2.75) is 57.3 Å². The lowest BCUT2D eigenvalue weighted by molar-refractivity contribution is -0.203. The molecule has 0 bridgehead atoms. The van der Waals surface area contributed by atoms with Crippen LogP contribution in [0.4, 0.5) is 18.0 Å². The predicted octanol–water partition coefficient (Wildman–Crippen LogP) is 2.27. The number of carboxylic acid groups (broad SMARTS) is 1. The quantitative estimate of drug-likeness (QED) is 0.703. The van der Waals surface area contributed by atoms with Crippen LogP contribution in [-0.4, -0.2) is 34.9 Å². The molecule has 116 valence electrons. The Bertz CT molecular complexity index is 383. The predicted molar refractivity (Wildman–Crippen MR) is 65.2 cm³/mol. The molecule has 1 saturated carbocycles. The largest absolute Gasteiger partial charge is 0.479 e. The molecule has 2 atom stereocenters. The van der Waals surface area contributed by atoms with Crippen LogP contribution < -0.4 is 10.6 Å². The minimum absolute atomic E-state index is 0.242. The van der Waals surface area contributed by atoms with Gasteiger partial charge in [-0.25, -0.2) is 9.59 Å². The standard InChI is InChI=1S/C12H19F3N2O3/c1-3-8(6-7-4-5-7)16-10(20)17-11(2,9(18)19)12(13,14)15/h7-8H,3-6H2,1-2H3,(H,18,19)(H2,16,17,20). The molecule has 3 N–H and O–H groups in total. The molecule has 0 aromatic rings. The summed E-state index contributed by atoms with van der Waals surface area (Å²) in [5.74, 6) is -1.64. The van der Waals surface area contributed by atoms with Crippen LogP contribution in [0.5, 0.6) is 0 Å². The van der Waals surface area contributed by atoms with Crippen molar-refractivity contribution in [1.29, 1.82) is 0 Å². The molecule has 2 unspecified atom stereocenters. The molecule has 0 saturated heterocycles. The summed E-state index contributed by atoms with van der Waals surface area (Å²) in [7, 11) is 0. The Morgan fingerprint density at radius 3 is 2.25 bits per heavy atom. The van der Waals surface area contributed by atoms with Crippen LogP contribution in [0, 0.1) is 5.92 Å². The van der Waals surface area contributed by atoms with Crippen molar-refractivity contribution in [3.8, 4) is 0 Å². The van der Waals surface area contributed by atoms with Gasteiger partial charge in [0.15, 0.2) is 0 Å². The van der Waals surface area contributed by atoms with Crippen LogP contribution >= 0.6 is 0 Å². The first-order valence-corrected chi connectivity index (χ1v) is 6.49. The second kappa shape index (κ2) is 5.88. The monoisotopic (exact) mass is 296 g/mol. The van der Waals surface area contributed by atoms with E-state index in [-0.39, 0.29) is 6.04 Å². The molecular formula is C12H19F3N2O3. The van der Waals surface area contributed by atoms with Gasteiger partial charge in [-0.05, 0) is 25.7 Å². The number of aliphatic carboxylic acids is 1. The maximum absolute atomic E-state index is 12.7. The van der Waals surface area contributed by atoms with Gasteiger partial charge in [-0.1, -0.05) is 19.8 Å². The molecule has 5 nitrogen and oxygen atoms in total. The molecule has 8 heteroatoms. The molecule has 0 aliphatic heterocycles. The Hall–Kier alpha value is -1.47. The smallest absolute Gasteiger partial charge is 0.422 e. The number of carboxylic acids is 1. The number of carbonyl (C=O) groups is 2. The topological polar surface area (TPSA) is 78.4 Å². The summed E-state index contributed by atoms with van der Waals surface area (Å²) in [6, 6.07) is -1.35. The first-order valence-electron chi connectivity index (χ1n) is 6.49. The normalized spacial score (nSPS) is 19.9. The van der Waals surface area contributed by atoms with E-state index in [1.807, 2.05) is 6.92 Å². The SMILES string of the molecule is CCC(CC1CC1)NC(=O)NC(C)(C(=O)O)C(F)(F)F. The van der Waals surface area contributed by atoms with Gasteiger partial charge in [-0.15, -0.1) is 0 Å². The number of rotatable bonds is 6. The summed E-state index contributed by atoms with van der Waals surface area (Å²) < 4.78 is 38.2. The summed E-state index contributed by atoms with van der Waals surface area (Å²) in [5, 5.41) is 12.6. The van der Waals surface area contributed by atoms with Crippen LogP contribution in [0.3, 0.4) is 0 Å².